The Hall–Kier alpha value is -1.88. The van der Waals surface area contributed by atoms with E-state index in [0.717, 1.165) is 0 Å². The van der Waals surface area contributed by atoms with Crippen molar-refractivity contribution in [2.45, 2.75) is 26.3 Å². The summed E-state index contributed by atoms with van der Waals surface area (Å²) in [7, 11) is 0. The lowest BCUT2D eigenvalue weighted by Crippen LogP contribution is -2.39. The molecule has 4 N–H and O–H groups in total. The molecular weight excluding hydrogens is 232 g/mol. The topological polar surface area (TPSA) is 92.4 Å². The number of hydrogen-bond donors (Lipinski definition) is 3. The molecule has 0 aliphatic carbocycles. The average molecular weight is 250 g/mol. The number of hydrogen-bond acceptors (Lipinski definition) is 3. The Bertz CT molecular complexity index is 444. The van der Waals surface area contributed by atoms with Crippen LogP contribution in [0.5, 0.6) is 0 Å². The molecule has 0 radical (unpaired) electrons. The van der Waals surface area contributed by atoms with E-state index in [1.165, 1.54) is 0 Å². The minimum Gasteiger partial charge on any atom is -0.481 e. The number of aliphatic carboxylic acids is 1. The van der Waals surface area contributed by atoms with Gasteiger partial charge in [-0.25, -0.2) is 0 Å². The van der Waals surface area contributed by atoms with Crippen molar-refractivity contribution in [2.75, 3.05) is 5.32 Å². The number of carbonyl (C=O) groups is 2. The third-order valence-electron chi connectivity index (χ3n) is 2.57. The van der Waals surface area contributed by atoms with Gasteiger partial charge in [0.15, 0.2) is 0 Å². The molecule has 0 saturated heterocycles. The highest BCUT2D eigenvalue weighted by atomic mass is 16.4. The lowest BCUT2D eigenvalue weighted by Gasteiger charge is -2.15. The SMILES string of the molecule is CC(C)[C@@H](N)C(=O)Nc1cccc(CC(=O)O)c1. The van der Waals surface area contributed by atoms with Gasteiger partial charge in [-0.05, 0) is 23.6 Å². The van der Waals surface area contributed by atoms with Crippen molar-refractivity contribution in [1.29, 1.82) is 0 Å². The molecule has 0 fully saturated rings. The van der Waals surface area contributed by atoms with Crippen LogP contribution in [0.25, 0.3) is 0 Å². The van der Waals surface area contributed by atoms with E-state index in [-0.39, 0.29) is 18.2 Å². The summed E-state index contributed by atoms with van der Waals surface area (Å²) in [6.07, 6.45) is -0.0695. The van der Waals surface area contributed by atoms with Crippen molar-refractivity contribution in [3.05, 3.63) is 29.8 Å². The predicted octanol–water partition coefficient (Wildman–Crippen LogP) is 1.24. The smallest absolute Gasteiger partial charge is 0.307 e. The summed E-state index contributed by atoms with van der Waals surface area (Å²) >= 11 is 0. The van der Waals surface area contributed by atoms with Crippen molar-refractivity contribution < 1.29 is 14.7 Å². The van der Waals surface area contributed by atoms with Gasteiger partial charge in [-0.2, -0.15) is 0 Å². The Labute approximate surface area is 106 Å². The quantitative estimate of drug-likeness (QED) is 0.733. The molecule has 0 aromatic heterocycles. The third kappa shape index (κ3) is 4.18. The van der Waals surface area contributed by atoms with Crippen LogP contribution in [-0.2, 0) is 16.0 Å². The van der Waals surface area contributed by atoms with Crippen LogP contribution in [0.1, 0.15) is 19.4 Å². The van der Waals surface area contributed by atoms with Gasteiger partial charge in [-0.15, -0.1) is 0 Å². The Morgan fingerprint density at radius 2 is 2.06 bits per heavy atom. The van der Waals surface area contributed by atoms with Gasteiger partial charge in [0.05, 0.1) is 12.5 Å². The number of carboxylic acid groups (broad SMARTS) is 1. The van der Waals surface area contributed by atoms with Crippen LogP contribution in [0.4, 0.5) is 5.69 Å². The minimum atomic E-state index is -0.905. The van der Waals surface area contributed by atoms with Crippen LogP contribution in [0.2, 0.25) is 0 Å². The molecule has 0 aliphatic heterocycles. The Morgan fingerprint density at radius 1 is 1.39 bits per heavy atom. The number of rotatable bonds is 5. The molecule has 5 heteroatoms. The van der Waals surface area contributed by atoms with Crippen LogP contribution in [0, 0.1) is 5.92 Å². The summed E-state index contributed by atoms with van der Waals surface area (Å²) < 4.78 is 0. The van der Waals surface area contributed by atoms with Crippen molar-refractivity contribution >= 4 is 17.6 Å². The van der Waals surface area contributed by atoms with Crippen molar-refractivity contribution in [3.8, 4) is 0 Å². The first kappa shape index (κ1) is 14.2. The first-order valence-corrected chi connectivity index (χ1v) is 5.77. The van der Waals surface area contributed by atoms with Gasteiger partial charge in [0.2, 0.25) is 5.91 Å². The van der Waals surface area contributed by atoms with E-state index in [2.05, 4.69) is 5.32 Å². The maximum atomic E-state index is 11.7. The van der Waals surface area contributed by atoms with Crippen molar-refractivity contribution in [3.63, 3.8) is 0 Å². The maximum absolute atomic E-state index is 11.7. The second-order valence-corrected chi connectivity index (χ2v) is 4.53. The molecule has 0 spiro atoms. The molecule has 1 atom stereocenters. The van der Waals surface area contributed by atoms with Gasteiger partial charge >= 0.3 is 5.97 Å². The molecule has 5 nitrogen and oxygen atoms in total. The number of carbonyl (C=O) groups excluding carboxylic acids is 1. The maximum Gasteiger partial charge on any atom is 0.307 e. The van der Waals surface area contributed by atoms with Crippen LogP contribution < -0.4 is 11.1 Å². The standard InChI is InChI=1S/C13H18N2O3/c1-8(2)12(14)13(18)15-10-5-3-4-9(6-10)7-11(16)17/h3-6,8,12H,7,14H2,1-2H3,(H,15,18)(H,16,17)/t12-/m1/s1. The fraction of sp³-hybridized carbons (Fsp3) is 0.385. The molecule has 0 unspecified atom stereocenters. The van der Waals surface area contributed by atoms with Crippen LogP contribution in [0.3, 0.4) is 0 Å². The van der Waals surface area contributed by atoms with Gasteiger partial charge in [-0.3, -0.25) is 9.59 Å². The average Bonchev–Trinajstić information content (AvgIpc) is 2.27. The molecular formula is C13H18N2O3. The van der Waals surface area contributed by atoms with Crippen molar-refractivity contribution in [1.82, 2.24) is 0 Å². The molecule has 0 saturated carbocycles. The molecule has 0 bridgehead atoms. The summed E-state index contributed by atoms with van der Waals surface area (Å²) in [6, 6.07) is 6.17. The van der Waals surface area contributed by atoms with Crippen LogP contribution in [-0.4, -0.2) is 23.0 Å². The van der Waals surface area contributed by atoms with Gasteiger partial charge in [-0.1, -0.05) is 26.0 Å². The van der Waals surface area contributed by atoms with Gasteiger partial charge in [0.25, 0.3) is 0 Å². The van der Waals surface area contributed by atoms with Crippen LogP contribution in [0.15, 0.2) is 24.3 Å². The number of amides is 1. The normalized spacial score (nSPS) is 12.2. The number of nitrogens with two attached hydrogens (primary N) is 1. The van der Waals surface area contributed by atoms with Gasteiger partial charge < -0.3 is 16.2 Å². The zero-order chi connectivity index (χ0) is 13.7. The first-order chi connectivity index (χ1) is 8.40. The Kier molecular flexibility index (Phi) is 4.85. The molecule has 18 heavy (non-hydrogen) atoms. The minimum absolute atomic E-state index is 0.0483. The van der Waals surface area contributed by atoms with Crippen LogP contribution >= 0.6 is 0 Å². The lowest BCUT2D eigenvalue weighted by molar-refractivity contribution is -0.136. The van der Waals surface area contributed by atoms with E-state index in [1.807, 2.05) is 13.8 Å². The Balaban J connectivity index is 2.73. The highest BCUT2D eigenvalue weighted by molar-refractivity contribution is 5.94. The molecule has 1 aromatic rings. The highest BCUT2D eigenvalue weighted by Gasteiger charge is 2.17. The van der Waals surface area contributed by atoms with E-state index < -0.39 is 12.0 Å². The zero-order valence-corrected chi connectivity index (χ0v) is 10.5. The molecule has 98 valence electrons. The third-order valence-corrected chi connectivity index (χ3v) is 2.57. The van der Waals surface area contributed by atoms with E-state index >= 15 is 0 Å². The predicted molar refractivity (Wildman–Crippen MR) is 69.2 cm³/mol. The molecule has 1 amide bonds. The van der Waals surface area contributed by atoms with Gasteiger partial charge in [0, 0.05) is 5.69 Å². The summed E-state index contributed by atoms with van der Waals surface area (Å²) in [5.41, 5.74) is 6.92. The Morgan fingerprint density at radius 3 is 2.61 bits per heavy atom. The summed E-state index contributed by atoms with van der Waals surface area (Å²) in [6.45, 7) is 3.73. The zero-order valence-electron chi connectivity index (χ0n) is 10.5. The van der Waals surface area contributed by atoms with E-state index in [9.17, 15) is 9.59 Å². The first-order valence-electron chi connectivity index (χ1n) is 5.77. The molecule has 1 rings (SSSR count). The number of benzene rings is 1. The fourth-order valence-corrected chi connectivity index (χ4v) is 1.46. The van der Waals surface area contributed by atoms with E-state index in [4.69, 9.17) is 10.8 Å². The van der Waals surface area contributed by atoms with E-state index in [0.29, 0.717) is 11.3 Å². The largest absolute Gasteiger partial charge is 0.481 e. The number of anilines is 1. The molecule has 1 aromatic carbocycles. The lowest BCUT2D eigenvalue weighted by atomic mass is 10.0. The second kappa shape index (κ2) is 6.16. The van der Waals surface area contributed by atoms with Crippen molar-refractivity contribution in [2.24, 2.45) is 11.7 Å². The highest BCUT2D eigenvalue weighted by Crippen LogP contribution is 2.12. The van der Waals surface area contributed by atoms with Gasteiger partial charge in [0.1, 0.15) is 0 Å². The van der Waals surface area contributed by atoms with E-state index in [1.54, 1.807) is 24.3 Å². The molecule has 0 heterocycles. The fourth-order valence-electron chi connectivity index (χ4n) is 1.46. The summed E-state index contributed by atoms with van der Waals surface area (Å²) in [5, 5.41) is 11.4. The number of nitrogens with one attached hydrogen (secondary N) is 1. The monoisotopic (exact) mass is 250 g/mol. The summed E-state index contributed by atoms with van der Waals surface area (Å²) in [5.74, 6) is -1.12. The number of carboxylic acids is 1. The second-order valence-electron chi connectivity index (χ2n) is 4.53. The molecule has 0 aliphatic rings. The summed E-state index contributed by atoms with van der Waals surface area (Å²) in [4.78, 5) is 22.3.